The Morgan fingerprint density at radius 2 is 2.07 bits per heavy atom. The van der Waals surface area contributed by atoms with Crippen molar-refractivity contribution >= 4 is 5.78 Å². The Hall–Kier alpha value is -1.57. The summed E-state index contributed by atoms with van der Waals surface area (Å²) in [5.41, 5.74) is 3.01. The van der Waals surface area contributed by atoms with Crippen molar-refractivity contribution in [2.24, 2.45) is 0 Å². The van der Waals surface area contributed by atoms with Crippen molar-refractivity contribution in [1.29, 1.82) is 0 Å². The van der Waals surface area contributed by atoms with Gasteiger partial charge < -0.3 is 5.32 Å². The zero-order chi connectivity index (χ0) is 10.7. The standard InChI is InChI=1S/C13H15NO/c1-10-4-6-11(7-5-10)13(15)9-12-3-2-8-14-12/h4-7,9,14H,2-3,8H2,1H3. The van der Waals surface area contributed by atoms with Gasteiger partial charge >= 0.3 is 0 Å². The highest BCUT2D eigenvalue weighted by molar-refractivity contribution is 6.04. The summed E-state index contributed by atoms with van der Waals surface area (Å²) in [6, 6.07) is 7.69. The molecule has 78 valence electrons. The second-order valence-electron chi connectivity index (χ2n) is 3.93. The molecule has 2 heteroatoms. The van der Waals surface area contributed by atoms with E-state index in [0.29, 0.717) is 0 Å². The zero-order valence-electron chi connectivity index (χ0n) is 8.92. The molecule has 0 aromatic heterocycles. The summed E-state index contributed by atoms with van der Waals surface area (Å²) in [5, 5.41) is 3.21. The van der Waals surface area contributed by atoms with Crippen molar-refractivity contribution in [1.82, 2.24) is 5.32 Å². The molecule has 1 aliphatic heterocycles. The summed E-state index contributed by atoms with van der Waals surface area (Å²) in [6.07, 6.45) is 3.85. The minimum absolute atomic E-state index is 0.0967. The largest absolute Gasteiger partial charge is 0.388 e. The molecule has 1 N–H and O–H groups in total. The predicted molar refractivity (Wildman–Crippen MR) is 60.8 cm³/mol. The van der Waals surface area contributed by atoms with Gasteiger partial charge in [-0.1, -0.05) is 29.8 Å². The van der Waals surface area contributed by atoms with Crippen molar-refractivity contribution in [3.05, 3.63) is 47.2 Å². The van der Waals surface area contributed by atoms with Gasteiger partial charge in [-0.15, -0.1) is 0 Å². The van der Waals surface area contributed by atoms with Crippen LogP contribution in [0.3, 0.4) is 0 Å². The van der Waals surface area contributed by atoms with E-state index in [2.05, 4.69) is 5.32 Å². The molecule has 15 heavy (non-hydrogen) atoms. The van der Waals surface area contributed by atoms with E-state index >= 15 is 0 Å². The van der Waals surface area contributed by atoms with E-state index in [9.17, 15) is 4.79 Å². The summed E-state index contributed by atoms with van der Waals surface area (Å²) >= 11 is 0. The van der Waals surface area contributed by atoms with Crippen LogP contribution in [-0.2, 0) is 0 Å². The first-order chi connectivity index (χ1) is 7.25. The highest BCUT2D eigenvalue weighted by atomic mass is 16.1. The van der Waals surface area contributed by atoms with E-state index in [1.54, 1.807) is 6.08 Å². The molecule has 2 rings (SSSR count). The molecule has 1 aromatic carbocycles. The number of carbonyl (C=O) groups is 1. The monoisotopic (exact) mass is 201 g/mol. The van der Waals surface area contributed by atoms with Crippen LogP contribution >= 0.6 is 0 Å². The molecular weight excluding hydrogens is 186 g/mol. The smallest absolute Gasteiger partial charge is 0.187 e. The van der Waals surface area contributed by atoms with Crippen LogP contribution in [0, 0.1) is 6.92 Å². The topological polar surface area (TPSA) is 29.1 Å². The first-order valence-corrected chi connectivity index (χ1v) is 5.31. The van der Waals surface area contributed by atoms with Gasteiger partial charge in [-0.3, -0.25) is 4.79 Å². The Balaban J connectivity index is 2.14. The number of hydrogen-bond acceptors (Lipinski definition) is 2. The van der Waals surface area contributed by atoms with Crippen molar-refractivity contribution in [2.45, 2.75) is 19.8 Å². The molecule has 0 radical (unpaired) electrons. The lowest BCUT2D eigenvalue weighted by atomic mass is 10.1. The molecule has 0 unspecified atom stereocenters. The number of allylic oxidation sites excluding steroid dienone is 2. The molecule has 1 saturated heterocycles. The van der Waals surface area contributed by atoms with Crippen LogP contribution in [0.5, 0.6) is 0 Å². The number of nitrogens with one attached hydrogen (secondary N) is 1. The Labute approximate surface area is 90.0 Å². The third kappa shape index (κ3) is 2.46. The van der Waals surface area contributed by atoms with Gasteiger partial charge in [-0.25, -0.2) is 0 Å². The zero-order valence-corrected chi connectivity index (χ0v) is 8.92. The third-order valence-electron chi connectivity index (χ3n) is 2.62. The van der Waals surface area contributed by atoms with Crippen LogP contribution in [0.2, 0.25) is 0 Å². The molecule has 0 bridgehead atoms. The SMILES string of the molecule is Cc1ccc(C(=O)C=C2CCCN2)cc1. The molecule has 1 fully saturated rings. The van der Waals surface area contributed by atoms with E-state index in [1.165, 1.54) is 5.56 Å². The highest BCUT2D eigenvalue weighted by Gasteiger charge is 2.08. The number of rotatable bonds is 2. The highest BCUT2D eigenvalue weighted by Crippen LogP contribution is 2.11. The minimum atomic E-state index is 0.0967. The predicted octanol–water partition coefficient (Wildman–Crippen LogP) is 2.45. The number of carbonyl (C=O) groups excluding carboxylic acids is 1. The first-order valence-electron chi connectivity index (χ1n) is 5.31. The summed E-state index contributed by atoms with van der Waals surface area (Å²) in [7, 11) is 0. The van der Waals surface area contributed by atoms with Gasteiger partial charge in [-0.2, -0.15) is 0 Å². The summed E-state index contributed by atoms with van der Waals surface area (Å²) in [4.78, 5) is 11.8. The lowest BCUT2D eigenvalue weighted by molar-refractivity contribution is 0.104. The van der Waals surface area contributed by atoms with Crippen LogP contribution in [-0.4, -0.2) is 12.3 Å². The normalized spacial score (nSPS) is 17.8. The fourth-order valence-corrected chi connectivity index (χ4v) is 1.70. The third-order valence-corrected chi connectivity index (χ3v) is 2.62. The van der Waals surface area contributed by atoms with Gasteiger partial charge in [0.25, 0.3) is 0 Å². The second-order valence-corrected chi connectivity index (χ2v) is 3.93. The Morgan fingerprint density at radius 3 is 2.67 bits per heavy atom. The van der Waals surface area contributed by atoms with Crippen molar-refractivity contribution in [3.8, 4) is 0 Å². The van der Waals surface area contributed by atoms with E-state index < -0.39 is 0 Å². The van der Waals surface area contributed by atoms with Gasteiger partial charge in [0.15, 0.2) is 5.78 Å². The lowest BCUT2D eigenvalue weighted by Crippen LogP contribution is -2.06. The molecule has 2 nitrogen and oxygen atoms in total. The summed E-state index contributed by atoms with van der Waals surface area (Å²) in [5.74, 6) is 0.0967. The quantitative estimate of drug-likeness (QED) is 0.588. The average Bonchev–Trinajstić information content (AvgIpc) is 2.71. The molecule has 1 aromatic rings. The molecule has 0 amide bonds. The van der Waals surface area contributed by atoms with Crippen LogP contribution in [0.1, 0.15) is 28.8 Å². The fourth-order valence-electron chi connectivity index (χ4n) is 1.70. The Kier molecular flexibility index (Phi) is 2.86. The molecule has 0 spiro atoms. The minimum Gasteiger partial charge on any atom is -0.388 e. The summed E-state index contributed by atoms with van der Waals surface area (Å²) < 4.78 is 0. The maximum atomic E-state index is 11.8. The van der Waals surface area contributed by atoms with E-state index in [4.69, 9.17) is 0 Å². The van der Waals surface area contributed by atoms with Crippen molar-refractivity contribution < 1.29 is 4.79 Å². The van der Waals surface area contributed by atoms with Crippen LogP contribution in [0.25, 0.3) is 0 Å². The molecule has 0 aliphatic carbocycles. The number of aryl methyl sites for hydroxylation is 1. The fraction of sp³-hybridized carbons (Fsp3) is 0.308. The average molecular weight is 201 g/mol. The molecule has 1 aliphatic rings. The number of ketones is 1. The van der Waals surface area contributed by atoms with Crippen LogP contribution in [0.4, 0.5) is 0 Å². The maximum absolute atomic E-state index is 11.8. The van der Waals surface area contributed by atoms with E-state index in [0.717, 1.165) is 30.6 Å². The maximum Gasteiger partial charge on any atom is 0.187 e. The number of benzene rings is 1. The lowest BCUT2D eigenvalue weighted by Gasteiger charge is -1.99. The molecule has 1 heterocycles. The van der Waals surface area contributed by atoms with Crippen LogP contribution < -0.4 is 5.32 Å². The summed E-state index contributed by atoms with van der Waals surface area (Å²) in [6.45, 7) is 3.01. The number of hydrogen-bond donors (Lipinski definition) is 1. The van der Waals surface area contributed by atoms with Crippen molar-refractivity contribution in [3.63, 3.8) is 0 Å². The van der Waals surface area contributed by atoms with Gasteiger partial charge in [-0.05, 0) is 19.8 Å². The van der Waals surface area contributed by atoms with Crippen LogP contribution in [0.15, 0.2) is 36.0 Å². The van der Waals surface area contributed by atoms with Gasteiger partial charge in [0.05, 0.1) is 0 Å². The van der Waals surface area contributed by atoms with E-state index in [1.807, 2.05) is 31.2 Å². The van der Waals surface area contributed by atoms with E-state index in [-0.39, 0.29) is 5.78 Å². The first kappa shape index (κ1) is 9.97. The molecule has 0 atom stereocenters. The Bertz CT molecular complexity index is 382. The van der Waals surface area contributed by atoms with Gasteiger partial charge in [0, 0.05) is 23.9 Å². The Morgan fingerprint density at radius 1 is 1.33 bits per heavy atom. The molecule has 0 saturated carbocycles. The van der Waals surface area contributed by atoms with Gasteiger partial charge in [0.1, 0.15) is 0 Å². The second kappa shape index (κ2) is 4.30. The molecular formula is C13H15NO. The van der Waals surface area contributed by atoms with Crippen molar-refractivity contribution in [2.75, 3.05) is 6.54 Å². The van der Waals surface area contributed by atoms with Gasteiger partial charge in [0.2, 0.25) is 0 Å².